The second-order valence-corrected chi connectivity index (χ2v) is 11.4. The summed E-state index contributed by atoms with van der Waals surface area (Å²) in [5.74, 6) is -6.28. The van der Waals surface area contributed by atoms with Gasteiger partial charge >= 0.3 is 27.1 Å². The molecule has 184 valence electrons. The molecule has 1 aliphatic rings. The lowest BCUT2D eigenvalue weighted by Crippen LogP contribution is -2.34. The normalized spacial score (nSPS) is 24.5. The molecule has 14 heteroatoms. The van der Waals surface area contributed by atoms with E-state index in [0.29, 0.717) is 0 Å². The summed E-state index contributed by atoms with van der Waals surface area (Å²) in [6, 6.07) is 0. The van der Waals surface area contributed by atoms with Crippen LogP contribution in [0.3, 0.4) is 0 Å². The second-order valence-electron chi connectivity index (χ2n) is 7.39. The fourth-order valence-electron chi connectivity index (χ4n) is 3.41. The van der Waals surface area contributed by atoms with Gasteiger partial charge in [-0.3, -0.25) is 9.13 Å². The minimum absolute atomic E-state index is 0.270. The predicted molar refractivity (Wildman–Crippen MR) is 112 cm³/mol. The summed E-state index contributed by atoms with van der Waals surface area (Å²) in [6.07, 6.45) is 1.08. The van der Waals surface area contributed by atoms with Gasteiger partial charge in [0.25, 0.3) is 0 Å². The number of hydrogen-bond donors (Lipinski definition) is 4. The highest BCUT2D eigenvalue weighted by molar-refractivity contribution is 7.53. The monoisotopic (exact) mass is 500 g/mol. The van der Waals surface area contributed by atoms with Crippen molar-refractivity contribution < 1.29 is 57.2 Å². The molecule has 1 aliphatic carbocycles. The molecular formula is C18H30O12P2. The Morgan fingerprint density at radius 2 is 1.09 bits per heavy atom. The van der Waals surface area contributed by atoms with E-state index < -0.39 is 63.9 Å². The highest BCUT2D eigenvalue weighted by atomic mass is 31.2. The van der Waals surface area contributed by atoms with Crippen LogP contribution in [0.15, 0.2) is 24.3 Å². The third-order valence-electron chi connectivity index (χ3n) is 5.25. The summed E-state index contributed by atoms with van der Waals surface area (Å²) in [4.78, 5) is 42.2. The molecule has 0 amide bonds. The zero-order valence-electron chi connectivity index (χ0n) is 17.9. The Morgan fingerprint density at radius 1 is 0.812 bits per heavy atom. The van der Waals surface area contributed by atoms with Crippen LogP contribution in [0.5, 0.6) is 0 Å². The van der Waals surface area contributed by atoms with Crippen molar-refractivity contribution in [2.75, 3.05) is 27.4 Å². The Balaban J connectivity index is 2.93. The van der Waals surface area contributed by atoms with Crippen LogP contribution in [-0.2, 0) is 37.2 Å². The predicted octanol–water partition coefficient (Wildman–Crippen LogP) is 2.42. The lowest BCUT2D eigenvalue weighted by molar-refractivity contribution is -0.134. The number of carboxylic acid groups (broad SMARTS) is 2. The van der Waals surface area contributed by atoms with Gasteiger partial charge in [-0.2, -0.15) is 0 Å². The minimum Gasteiger partial charge on any atom is -0.478 e. The van der Waals surface area contributed by atoms with Crippen molar-refractivity contribution in [1.82, 2.24) is 0 Å². The van der Waals surface area contributed by atoms with E-state index in [2.05, 4.69) is 13.2 Å². The molecule has 0 saturated heterocycles. The van der Waals surface area contributed by atoms with E-state index in [1.165, 1.54) is 0 Å². The molecule has 4 unspecified atom stereocenters. The first-order chi connectivity index (χ1) is 14.8. The molecule has 0 aromatic heterocycles. The second kappa shape index (κ2) is 12.2. The summed E-state index contributed by atoms with van der Waals surface area (Å²) in [5.41, 5.74) is -0.596. The van der Waals surface area contributed by atoms with Crippen molar-refractivity contribution in [1.29, 1.82) is 0 Å². The smallest absolute Gasteiger partial charge is 0.356 e. The lowest BCUT2D eigenvalue weighted by atomic mass is 9.82. The standard InChI is InChI=1S/C18H30O12P2/c1-11(15(19)20)9-29-17(31(23,24)27-3)13-5-7-14(8-6-13)18(32(25,26)28-4)30-10-12(2)16(21)22/h13-14,17-18H,1-2,5-10H2,3-4H3,(H,19,20)(H,21,22)(H,23,24)(H,25,26). The van der Waals surface area contributed by atoms with E-state index in [9.17, 15) is 28.5 Å². The molecule has 4 atom stereocenters. The van der Waals surface area contributed by atoms with Crippen molar-refractivity contribution in [2.24, 2.45) is 11.8 Å². The maximum Gasteiger partial charge on any atom is 0.356 e. The highest BCUT2D eigenvalue weighted by Crippen LogP contribution is 2.57. The first-order valence-corrected chi connectivity index (χ1v) is 12.9. The maximum atomic E-state index is 12.5. The van der Waals surface area contributed by atoms with Crippen molar-refractivity contribution >= 4 is 27.1 Å². The van der Waals surface area contributed by atoms with Gasteiger partial charge in [-0.05, 0) is 37.5 Å². The minimum atomic E-state index is -4.25. The Labute approximate surface area is 185 Å². The van der Waals surface area contributed by atoms with Crippen LogP contribution in [0.4, 0.5) is 0 Å². The largest absolute Gasteiger partial charge is 0.478 e. The van der Waals surface area contributed by atoms with E-state index in [1.54, 1.807) is 0 Å². The molecule has 4 N–H and O–H groups in total. The Kier molecular flexibility index (Phi) is 10.9. The lowest BCUT2D eigenvalue weighted by Gasteiger charge is -2.38. The van der Waals surface area contributed by atoms with Gasteiger partial charge in [0.1, 0.15) is 0 Å². The Hall–Kier alpha value is -1.36. The van der Waals surface area contributed by atoms with Crippen LogP contribution in [0, 0.1) is 11.8 Å². The molecular weight excluding hydrogens is 470 g/mol. The first kappa shape index (κ1) is 28.7. The van der Waals surface area contributed by atoms with Gasteiger partial charge in [0.15, 0.2) is 11.7 Å². The van der Waals surface area contributed by atoms with E-state index in [4.69, 9.17) is 28.7 Å². The molecule has 1 fully saturated rings. The van der Waals surface area contributed by atoms with Gasteiger partial charge in [0, 0.05) is 14.2 Å². The van der Waals surface area contributed by atoms with Crippen LogP contribution < -0.4 is 0 Å². The number of ether oxygens (including phenoxy) is 2. The summed E-state index contributed by atoms with van der Waals surface area (Å²) in [6.45, 7) is 5.69. The number of hydrogen-bond acceptors (Lipinski definition) is 8. The zero-order valence-corrected chi connectivity index (χ0v) is 19.7. The average Bonchev–Trinajstić information content (AvgIpc) is 2.74. The van der Waals surface area contributed by atoms with Crippen LogP contribution in [-0.4, -0.2) is 71.1 Å². The van der Waals surface area contributed by atoms with Crippen LogP contribution >= 0.6 is 15.2 Å². The summed E-state index contributed by atoms with van der Waals surface area (Å²) >= 11 is 0. The summed E-state index contributed by atoms with van der Waals surface area (Å²) < 4.78 is 45.1. The number of carbonyl (C=O) groups is 2. The van der Waals surface area contributed by atoms with Gasteiger partial charge in [-0.25, -0.2) is 9.59 Å². The van der Waals surface area contributed by atoms with E-state index in [1.807, 2.05) is 0 Å². The third kappa shape index (κ3) is 7.90. The number of rotatable bonds is 14. The highest BCUT2D eigenvalue weighted by Gasteiger charge is 2.45. The molecule has 1 saturated carbocycles. The van der Waals surface area contributed by atoms with Crippen molar-refractivity contribution in [2.45, 2.75) is 37.4 Å². The number of carboxylic acids is 2. The fraction of sp³-hybridized carbons (Fsp3) is 0.667. The van der Waals surface area contributed by atoms with Crippen LogP contribution in [0.1, 0.15) is 25.7 Å². The average molecular weight is 500 g/mol. The molecule has 32 heavy (non-hydrogen) atoms. The topological polar surface area (TPSA) is 186 Å². The SMILES string of the molecule is C=C(COC(C1CCC(C(OCC(=C)C(=O)O)P(=O)(O)OC)CC1)P(=O)(O)OC)C(=O)O. The number of aliphatic carboxylic acids is 2. The summed E-state index contributed by atoms with van der Waals surface area (Å²) in [5, 5.41) is 17.8. The van der Waals surface area contributed by atoms with Crippen molar-refractivity contribution in [3.63, 3.8) is 0 Å². The van der Waals surface area contributed by atoms with Crippen LogP contribution in [0.25, 0.3) is 0 Å². The molecule has 12 nitrogen and oxygen atoms in total. The molecule has 1 rings (SSSR count). The zero-order chi connectivity index (χ0) is 24.7. The van der Waals surface area contributed by atoms with Crippen molar-refractivity contribution in [3.8, 4) is 0 Å². The molecule has 0 heterocycles. The van der Waals surface area contributed by atoms with Gasteiger partial charge in [0.2, 0.25) is 0 Å². The molecule has 0 spiro atoms. The quantitative estimate of drug-likeness (QED) is 0.202. The van der Waals surface area contributed by atoms with Gasteiger partial charge in [-0.1, -0.05) is 13.2 Å². The van der Waals surface area contributed by atoms with E-state index in [0.717, 1.165) is 14.2 Å². The third-order valence-corrected chi connectivity index (χ3v) is 8.73. The summed E-state index contributed by atoms with van der Waals surface area (Å²) in [7, 11) is -6.43. The van der Waals surface area contributed by atoms with Gasteiger partial charge < -0.3 is 38.5 Å². The molecule has 0 aromatic rings. The fourth-order valence-corrected chi connectivity index (χ4v) is 6.02. The molecule has 0 bridgehead atoms. The Morgan fingerprint density at radius 3 is 1.31 bits per heavy atom. The van der Waals surface area contributed by atoms with E-state index >= 15 is 0 Å². The van der Waals surface area contributed by atoms with Gasteiger partial charge in [-0.15, -0.1) is 0 Å². The molecule has 0 aromatic carbocycles. The molecule has 0 radical (unpaired) electrons. The first-order valence-electron chi connectivity index (χ1n) is 9.58. The van der Waals surface area contributed by atoms with Crippen molar-refractivity contribution in [3.05, 3.63) is 24.3 Å². The van der Waals surface area contributed by atoms with E-state index in [-0.39, 0.29) is 36.8 Å². The van der Waals surface area contributed by atoms with Crippen LogP contribution in [0.2, 0.25) is 0 Å². The molecule has 0 aliphatic heterocycles. The maximum absolute atomic E-state index is 12.5. The Bertz CT molecular complexity index is 736. The van der Waals surface area contributed by atoms with Gasteiger partial charge in [0.05, 0.1) is 24.4 Å².